The van der Waals surface area contributed by atoms with E-state index in [1.165, 1.54) is 18.4 Å². The van der Waals surface area contributed by atoms with E-state index in [1.54, 1.807) is 0 Å². The van der Waals surface area contributed by atoms with E-state index in [2.05, 4.69) is 33.0 Å². The molecule has 1 amide bonds. The number of hydrogen-bond donors (Lipinski definition) is 0. The van der Waals surface area contributed by atoms with Crippen molar-refractivity contribution >= 4 is 5.91 Å². The molecule has 1 aromatic rings. The lowest BCUT2D eigenvalue weighted by molar-refractivity contribution is -0.131. The SMILES string of the molecule is CN1CCN(Cc2cnn(C)c2)C[C@]12CCC(=O)N(CC1CC1)CC2. The van der Waals surface area contributed by atoms with E-state index < -0.39 is 0 Å². The summed E-state index contributed by atoms with van der Waals surface area (Å²) in [5.74, 6) is 1.16. The molecule has 1 spiro atoms. The van der Waals surface area contributed by atoms with Gasteiger partial charge in [0.05, 0.1) is 6.20 Å². The minimum Gasteiger partial charge on any atom is -0.342 e. The summed E-state index contributed by atoms with van der Waals surface area (Å²) in [7, 11) is 4.22. The molecular weight excluding hydrogens is 314 g/mol. The van der Waals surface area contributed by atoms with Crippen molar-refractivity contribution in [2.24, 2.45) is 13.0 Å². The van der Waals surface area contributed by atoms with Gasteiger partial charge in [0, 0.05) is 70.0 Å². The number of aromatic nitrogens is 2. The normalized spacial score (nSPS) is 29.4. The molecule has 2 saturated heterocycles. The molecule has 3 aliphatic rings. The fourth-order valence-corrected chi connectivity index (χ4v) is 4.53. The Balaban J connectivity index is 1.43. The van der Waals surface area contributed by atoms with E-state index in [9.17, 15) is 4.79 Å². The zero-order chi connectivity index (χ0) is 17.4. The van der Waals surface area contributed by atoms with Crippen LogP contribution in [0.3, 0.4) is 0 Å². The first-order chi connectivity index (χ1) is 12.0. The number of amides is 1. The van der Waals surface area contributed by atoms with E-state index in [0.717, 1.165) is 58.0 Å². The molecule has 0 aromatic carbocycles. The smallest absolute Gasteiger partial charge is 0.222 e. The molecule has 1 atom stereocenters. The highest BCUT2D eigenvalue weighted by molar-refractivity contribution is 5.76. The highest BCUT2D eigenvalue weighted by atomic mass is 16.2. The predicted molar refractivity (Wildman–Crippen MR) is 97.0 cm³/mol. The number of likely N-dealkylation sites (N-methyl/N-ethyl adjacent to an activating group) is 1. The predicted octanol–water partition coefficient (Wildman–Crippen LogP) is 1.33. The summed E-state index contributed by atoms with van der Waals surface area (Å²) < 4.78 is 1.88. The van der Waals surface area contributed by atoms with Crippen LogP contribution < -0.4 is 0 Å². The van der Waals surface area contributed by atoms with Crippen molar-refractivity contribution in [3.63, 3.8) is 0 Å². The summed E-state index contributed by atoms with van der Waals surface area (Å²) in [5.41, 5.74) is 1.43. The zero-order valence-electron chi connectivity index (χ0n) is 15.7. The van der Waals surface area contributed by atoms with Gasteiger partial charge in [-0.1, -0.05) is 0 Å². The maximum Gasteiger partial charge on any atom is 0.222 e. The minimum atomic E-state index is 0.147. The minimum absolute atomic E-state index is 0.147. The second-order valence-electron chi connectivity index (χ2n) is 8.41. The highest BCUT2D eigenvalue weighted by Gasteiger charge is 2.42. The van der Waals surface area contributed by atoms with Crippen LogP contribution in [0.5, 0.6) is 0 Å². The molecule has 0 radical (unpaired) electrons. The van der Waals surface area contributed by atoms with Crippen molar-refractivity contribution in [1.29, 1.82) is 0 Å². The monoisotopic (exact) mass is 345 g/mol. The summed E-state index contributed by atoms with van der Waals surface area (Å²) in [5, 5.41) is 4.30. The van der Waals surface area contributed by atoms with Gasteiger partial charge in [-0.25, -0.2) is 0 Å². The van der Waals surface area contributed by atoms with E-state index in [4.69, 9.17) is 0 Å². The van der Waals surface area contributed by atoms with Crippen molar-refractivity contribution in [2.45, 2.75) is 44.2 Å². The molecule has 0 bridgehead atoms. The van der Waals surface area contributed by atoms with Gasteiger partial charge in [-0.15, -0.1) is 0 Å². The van der Waals surface area contributed by atoms with Crippen molar-refractivity contribution < 1.29 is 4.79 Å². The number of rotatable bonds is 4. The van der Waals surface area contributed by atoms with Gasteiger partial charge in [0.15, 0.2) is 0 Å². The molecule has 1 saturated carbocycles. The zero-order valence-corrected chi connectivity index (χ0v) is 15.7. The van der Waals surface area contributed by atoms with E-state index in [1.807, 2.05) is 17.9 Å². The fraction of sp³-hybridized carbons (Fsp3) is 0.789. The Morgan fingerprint density at radius 1 is 1.20 bits per heavy atom. The highest BCUT2D eigenvalue weighted by Crippen LogP contribution is 2.35. The number of likely N-dealkylation sites (tertiary alicyclic amines) is 1. The van der Waals surface area contributed by atoms with Crippen LogP contribution in [-0.4, -0.2) is 75.7 Å². The fourth-order valence-electron chi connectivity index (χ4n) is 4.53. The molecule has 6 nitrogen and oxygen atoms in total. The third-order valence-electron chi connectivity index (χ3n) is 6.42. The second kappa shape index (κ2) is 6.72. The van der Waals surface area contributed by atoms with Crippen LogP contribution in [0.2, 0.25) is 0 Å². The Morgan fingerprint density at radius 3 is 2.76 bits per heavy atom. The first-order valence-corrected chi connectivity index (χ1v) is 9.73. The third kappa shape index (κ3) is 3.75. The average molecular weight is 345 g/mol. The third-order valence-corrected chi connectivity index (χ3v) is 6.42. The van der Waals surface area contributed by atoms with Crippen molar-refractivity contribution in [1.82, 2.24) is 24.5 Å². The van der Waals surface area contributed by atoms with Gasteiger partial charge in [-0.05, 0) is 38.6 Å². The second-order valence-corrected chi connectivity index (χ2v) is 8.41. The standard InChI is InChI=1S/C19H31N5O/c1-21-9-10-23(13-17-11-20-22(2)12-17)15-19(21)6-5-18(25)24(8-7-19)14-16-3-4-16/h11-12,16H,3-10,13-15H2,1-2H3/t19-/m1/s1. The van der Waals surface area contributed by atoms with Crippen LogP contribution in [0.1, 0.15) is 37.7 Å². The van der Waals surface area contributed by atoms with E-state index in [0.29, 0.717) is 12.3 Å². The molecule has 1 aliphatic carbocycles. The van der Waals surface area contributed by atoms with Crippen LogP contribution in [-0.2, 0) is 18.4 Å². The number of aryl methyl sites for hydroxylation is 1. The molecule has 138 valence electrons. The number of carbonyl (C=O) groups is 1. The largest absolute Gasteiger partial charge is 0.342 e. The molecular formula is C19H31N5O. The summed E-state index contributed by atoms with van der Waals surface area (Å²) in [6.45, 7) is 6.12. The molecule has 3 fully saturated rings. The van der Waals surface area contributed by atoms with Crippen molar-refractivity contribution in [2.75, 3.05) is 39.8 Å². The van der Waals surface area contributed by atoms with Gasteiger partial charge < -0.3 is 4.90 Å². The van der Waals surface area contributed by atoms with Gasteiger partial charge >= 0.3 is 0 Å². The van der Waals surface area contributed by atoms with Gasteiger partial charge in [-0.2, -0.15) is 5.10 Å². The molecule has 4 rings (SSSR count). The van der Waals surface area contributed by atoms with Crippen LogP contribution in [0.15, 0.2) is 12.4 Å². The van der Waals surface area contributed by atoms with Crippen molar-refractivity contribution in [3.05, 3.63) is 18.0 Å². The van der Waals surface area contributed by atoms with E-state index in [-0.39, 0.29) is 5.54 Å². The molecule has 2 aliphatic heterocycles. The van der Waals surface area contributed by atoms with Crippen LogP contribution in [0, 0.1) is 5.92 Å². The summed E-state index contributed by atoms with van der Waals surface area (Å²) in [6.07, 6.45) is 9.51. The molecule has 0 N–H and O–H groups in total. The van der Waals surface area contributed by atoms with Crippen molar-refractivity contribution in [3.8, 4) is 0 Å². The van der Waals surface area contributed by atoms with Crippen LogP contribution in [0.25, 0.3) is 0 Å². The topological polar surface area (TPSA) is 44.6 Å². The summed E-state index contributed by atoms with van der Waals surface area (Å²) in [6, 6.07) is 0. The van der Waals surface area contributed by atoms with Gasteiger partial charge in [0.25, 0.3) is 0 Å². The molecule has 25 heavy (non-hydrogen) atoms. The maximum absolute atomic E-state index is 12.6. The molecule has 0 unspecified atom stereocenters. The molecule has 6 heteroatoms. The van der Waals surface area contributed by atoms with E-state index >= 15 is 0 Å². The Kier molecular flexibility index (Phi) is 4.58. The Hall–Kier alpha value is -1.40. The van der Waals surface area contributed by atoms with Gasteiger partial charge in [-0.3, -0.25) is 19.3 Å². The van der Waals surface area contributed by atoms with Crippen LogP contribution >= 0.6 is 0 Å². The van der Waals surface area contributed by atoms with Gasteiger partial charge in [0.1, 0.15) is 0 Å². The lowest BCUT2D eigenvalue weighted by atomic mass is 9.86. The number of piperazine rings is 1. The number of hydrogen-bond acceptors (Lipinski definition) is 4. The van der Waals surface area contributed by atoms with Gasteiger partial charge in [0.2, 0.25) is 5.91 Å². The Morgan fingerprint density at radius 2 is 2.04 bits per heavy atom. The molecule has 1 aromatic heterocycles. The first-order valence-electron chi connectivity index (χ1n) is 9.73. The summed E-state index contributed by atoms with van der Waals surface area (Å²) in [4.78, 5) is 19.8. The lowest BCUT2D eigenvalue weighted by Gasteiger charge is -2.49. The number of nitrogens with zero attached hydrogens (tertiary/aromatic N) is 5. The molecule has 3 heterocycles. The first kappa shape index (κ1) is 17.0. The Labute approximate surface area is 150 Å². The van der Waals surface area contributed by atoms with Crippen LogP contribution in [0.4, 0.5) is 0 Å². The summed E-state index contributed by atoms with van der Waals surface area (Å²) >= 11 is 0. The maximum atomic E-state index is 12.6. The average Bonchev–Trinajstić information content (AvgIpc) is 3.34. The number of carbonyl (C=O) groups excluding carboxylic acids is 1. The Bertz CT molecular complexity index is 625. The lowest BCUT2D eigenvalue weighted by Crippen LogP contribution is -2.60. The quantitative estimate of drug-likeness (QED) is 0.826.